The Morgan fingerprint density at radius 1 is 1.43 bits per heavy atom. The van der Waals surface area contributed by atoms with Gasteiger partial charge in [0.2, 0.25) is 5.91 Å². The summed E-state index contributed by atoms with van der Waals surface area (Å²) in [4.78, 5) is 11.9. The Kier molecular flexibility index (Phi) is 5.60. The number of para-hydroxylation sites is 1. The number of hydrogen-bond donors (Lipinski definition) is 2. The number of nitrogens with two attached hydrogens (primary N) is 1. The van der Waals surface area contributed by atoms with Crippen LogP contribution in [0.2, 0.25) is 5.02 Å². The quantitative estimate of drug-likeness (QED) is 0.794. The largest absolute Gasteiger partial charge is 0.325 e. The minimum Gasteiger partial charge on any atom is -0.325 e. The molecule has 0 saturated carbocycles. The zero-order valence-electron chi connectivity index (χ0n) is 11.5. The van der Waals surface area contributed by atoms with Gasteiger partial charge in [0.1, 0.15) is 5.82 Å². The third-order valence-electron chi connectivity index (χ3n) is 2.82. The molecule has 1 aromatic heterocycles. The van der Waals surface area contributed by atoms with Crippen molar-refractivity contribution in [2.75, 3.05) is 11.1 Å². The van der Waals surface area contributed by atoms with E-state index in [0.717, 1.165) is 11.0 Å². The van der Waals surface area contributed by atoms with Crippen LogP contribution in [-0.4, -0.2) is 26.4 Å². The molecule has 0 aliphatic carbocycles. The van der Waals surface area contributed by atoms with Crippen molar-refractivity contribution in [3.05, 3.63) is 35.1 Å². The standard InChI is InChI=1S/C13H16ClN5OS/c1-19-11(8-15)17-18-13(19)21-7-6-12(20)16-10-5-3-2-4-9(10)14/h2-5H,6-8,15H2,1H3,(H,16,20). The van der Waals surface area contributed by atoms with Gasteiger partial charge in [-0.2, -0.15) is 0 Å². The molecule has 0 aliphatic rings. The maximum atomic E-state index is 11.9. The molecule has 0 saturated heterocycles. The van der Waals surface area contributed by atoms with E-state index in [0.29, 0.717) is 29.4 Å². The highest BCUT2D eigenvalue weighted by Crippen LogP contribution is 2.21. The van der Waals surface area contributed by atoms with Crippen molar-refractivity contribution in [3.8, 4) is 0 Å². The molecule has 0 atom stereocenters. The van der Waals surface area contributed by atoms with E-state index < -0.39 is 0 Å². The zero-order chi connectivity index (χ0) is 15.2. The van der Waals surface area contributed by atoms with Crippen LogP contribution < -0.4 is 11.1 Å². The molecule has 0 aliphatic heterocycles. The average Bonchev–Trinajstić information content (AvgIpc) is 2.82. The van der Waals surface area contributed by atoms with Crippen LogP contribution in [0.25, 0.3) is 0 Å². The van der Waals surface area contributed by atoms with E-state index in [1.54, 1.807) is 12.1 Å². The summed E-state index contributed by atoms with van der Waals surface area (Å²) in [7, 11) is 1.86. The molecule has 0 fully saturated rings. The molecule has 0 spiro atoms. The second-order valence-electron chi connectivity index (χ2n) is 4.29. The Hall–Kier alpha value is -1.57. The van der Waals surface area contributed by atoms with Crippen LogP contribution in [0, 0.1) is 0 Å². The molecular formula is C13H16ClN5OS. The molecule has 2 rings (SSSR count). The van der Waals surface area contributed by atoms with E-state index in [9.17, 15) is 4.79 Å². The van der Waals surface area contributed by atoms with E-state index in [-0.39, 0.29) is 5.91 Å². The van der Waals surface area contributed by atoms with Crippen molar-refractivity contribution in [3.63, 3.8) is 0 Å². The minimum atomic E-state index is -0.0863. The highest BCUT2D eigenvalue weighted by Gasteiger charge is 2.09. The van der Waals surface area contributed by atoms with Crippen LogP contribution in [0.4, 0.5) is 5.69 Å². The Morgan fingerprint density at radius 3 is 2.86 bits per heavy atom. The van der Waals surface area contributed by atoms with Crippen LogP contribution in [0.3, 0.4) is 0 Å². The fourth-order valence-corrected chi connectivity index (χ4v) is 2.71. The van der Waals surface area contributed by atoms with Crippen molar-refractivity contribution >= 4 is 35.0 Å². The molecule has 0 radical (unpaired) electrons. The van der Waals surface area contributed by atoms with Gasteiger partial charge in [-0.15, -0.1) is 10.2 Å². The van der Waals surface area contributed by atoms with Crippen molar-refractivity contribution in [1.29, 1.82) is 0 Å². The van der Waals surface area contributed by atoms with Gasteiger partial charge in [0.15, 0.2) is 5.16 Å². The van der Waals surface area contributed by atoms with Crippen LogP contribution in [0.5, 0.6) is 0 Å². The number of anilines is 1. The number of thioether (sulfide) groups is 1. The summed E-state index contributed by atoms with van der Waals surface area (Å²) in [5, 5.41) is 12.0. The van der Waals surface area contributed by atoms with Crippen LogP contribution >= 0.6 is 23.4 Å². The lowest BCUT2D eigenvalue weighted by molar-refractivity contribution is -0.115. The number of aromatic nitrogens is 3. The number of carbonyl (C=O) groups excluding carboxylic acids is 1. The summed E-state index contributed by atoms with van der Waals surface area (Å²) in [6.07, 6.45) is 0.362. The van der Waals surface area contributed by atoms with E-state index in [1.165, 1.54) is 11.8 Å². The zero-order valence-corrected chi connectivity index (χ0v) is 13.1. The molecule has 21 heavy (non-hydrogen) atoms. The lowest BCUT2D eigenvalue weighted by atomic mass is 10.3. The van der Waals surface area contributed by atoms with Gasteiger partial charge in [-0.05, 0) is 12.1 Å². The van der Waals surface area contributed by atoms with E-state index >= 15 is 0 Å². The van der Waals surface area contributed by atoms with E-state index in [1.807, 2.05) is 23.7 Å². The summed E-state index contributed by atoms with van der Waals surface area (Å²) in [5.41, 5.74) is 6.16. The summed E-state index contributed by atoms with van der Waals surface area (Å²) < 4.78 is 1.83. The summed E-state index contributed by atoms with van der Waals surface area (Å²) in [6, 6.07) is 7.14. The van der Waals surface area contributed by atoms with Crippen LogP contribution in [0.1, 0.15) is 12.2 Å². The SMILES string of the molecule is Cn1c(CN)nnc1SCCC(=O)Nc1ccccc1Cl. The Balaban J connectivity index is 1.82. The molecule has 1 amide bonds. The first kappa shape index (κ1) is 15.8. The Labute approximate surface area is 132 Å². The fourth-order valence-electron chi connectivity index (χ4n) is 1.66. The average molecular weight is 326 g/mol. The molecule has 3 N–H and O–H groups in total. The maximum absolute atomic E-state index is 11.9. The van der Waals surface area contributed by atoms with Gasteiger partial charge in [-0.1, -0.05) is 35.5 Å². The normalized spacial score (nSPS) is 10.6. The third-order valence-corrected chi connectivity index (χ3v) is 4.17. The molecule has 8 heteroatoms. The molecule has 0 bridgehead atoms. The monoisotopic (exact) mass is 325 g/mol. The second kappa shape index (κ2) is 7.44. The molecule has 1 heterocycles. The topological polar surface area (TPSA) is 85.8 Å². The van der Waals surface area contributed by atoms with E-state index in [2.05, 4.69) is 15.5 Å². The lowest BCUT2D eigenvalue weighted by Crippen LogP contribution is -2.12. The number of rotatable bonds is 6. The van der Waals surface area contributed by atoms with Gasteiger partial charge in [0.25, 0.3) is 0 Å². The highest BCUT2D eigenvalue weighted by atomic mass is 35.5. The van der Waals surface area contributed by atoms with Crippen molar-refractivity contribution in [2.45, 2.75) is 18.1 Å². The number of hydrogen-bond acceptors (Lipinski definition) is 5. The molecule has 1 aromatic carbocycles. The number of amides is 1. The molecule has 2 aromatic rings. The molecular weight excluding hydrogens is 310 g/mol. The van der Waals surface area contributed by atoms with Crippen molar-refractivity contribution in [1.82, 2.24) is 14.8 Å². The lowest BCUT2D eigenvalue weighted by Gasteiger charge is -2.06. The Morgan fingerprint density at radius 2 is 2.19 bits per heavy atom. The number of nitrogens with one attached hydrogen (secondary N) is 1. The van der Waals surface area contributed by atoms with Gasteiger partial charge >= 0.3 is 0 Å². The van der Waals surface area contributed by atoms with Gasteiger partial charge in [-0.3, -0.25) is 4.79 Å². The first-order valence-electron chi connectivity index (χ1n) is 6.37. The predicted molar refractivity (Wildman–Crippen MR) is 84.3 cm³/mol. The van der Waals surface area contributed by atoms with Crippen LogP contribution in [0.15, 0.2) is 29.4 Å². The second-order valence-corrected chi connectivity index (χ2v) is 5.76. The number of halogens is 1. The summed E-state index contributed by atoms with van der Waals surface area (Å²) >= 11 is 7.45. The molecule has 6 nitrogen and oxygen atoms in total. The van der Waals surface area contributed by atoms with Gasteiger partial charge in [0, 0.05) is 19.2 Å². The number of nitrogens with zero attached hydrogens (tertiary/aromatic N) is 3. The van der Waals surface area contributed by atoms with Gasteiger partial charge < -0.3 is 15.6 Å². The fraction of sp³-hybridized carbons (Fsp3) is 0.308. The first-order chi connectivity index (χ1) is 10.1. The van der Waals surface area contributed by atoms with Crippen molar-refractivity contribution in [2.24, 2.45) is 12.8 Å². The first-order valence-corrected chi connectivity index (χ1v) is 7.73. The maximum Gasteiger partial charge on any atom is 0.225 e. The highest BCUT2D eigenvalue weighted by molar-refractivity contribution is 7.99. The Bertz CT molecular complexity index is 631. The predicted octanol–water partition coefficient (Wildman–Crippen LogP) is 2.05. The smallest absolute Gasteiger partial charge is 0.225 e. The number of benzene rings is 1. The molecule has 0 unspecified atom stereocenters. The van der Waals surface area contributed by atoms with Gasteiger partial charge in [0.05, 0.1) is 17.3 Å². The minimum absolute atomic E-state index is 0.0863. The third kappa shape index (κ3) is 4.20. The summed E-state index contributed by atoms with van der Waals surface area (Å²) in [6.45, 7) is 0.344. The molecule has 112 valence electrons. The van der Waals surface area contributed by atoms with Crippen molar-refractivity contribution < 1.29 is 4.79 Å². The summed E-state index contributed by atoms with van der Waals surface area (Å²) in [5.74, 6) is 1.24. The van der Waals surface area contributed by atoms with E-state index in [4.69, 9.17) is 17.3 Å². The van der Waals surface area contributed by atoms with Crippen LogP contribution in [-0.2, 0) is 18.4 Å². The van der Waals surface area contributed by atoms with Gasteiger partial charge in [-0.25, -0.2) is 0 Å². The number of carbonyl (C=O) groups is 1.